The van der Waals surface area contributed by atoms with Gasteiger partial charge in [0, 0.05) is 0 Å². The van der Waals surface area contributed by atoms with Crippen LogP contribution in [0.15, 0.2) is 12.3 Å². The van der Waals surface area contributed by atoms with Crippen LogP contribution in [0.2, 0.25) is 0 Å². The number of carboxylic acids is 3. The average molecular weight is 471 g/mol. The maximum atomic E-state index is 11.1. The van der Waals surface area contributed by atoms with Crippen LogP contribution in [0.4, 0.5) is 0 Å². The monoisotopic (exact) mass is 470 g/mol. The zero-order chi connectivity index (χ0) is 24.8. The Bertz CT molecular complexity index is 515. The molecule has 0 radical (unpaired) electrons. The number of hydrogen-bond donors (Lipinski definition) is 3. The number of quaternary nitrogens is 1. The summed E-state index contributed by atoms with van der Waals surface area (Å²) < 4.78 is 0.0867. The van der Waals surface area contributed by atoms with E-state index in [9.17, 15) is 14.4 Å². The molecule has 3 N–H and O–H groups in total. The van der Waals surface area contributed by atoms with E-state index in [1.807, 2.05) is 12.3 Å². The van der Waals surface area contributed by atoms with E-state index in [1.54, 1.807) is 0 Å². The molecule has 7 heteroatoms. The number of unbranched alkanes of at least 4 members (excludes halogenated alkanes) is 13. The van der Waals surface area contributed by atoms with Crippen LogP contribution in [0.5, 0.6) is 0 Å². The summed E-state index contributed by atoms with van der Waals surface area (Å²) in [5.74, 6) is -2.89. The van der Waals surface area contributed by atoms with Crippen LogP contribution in [-0.2, 0) is 14.4 Å². The highest BCUT2D eigenvalue weighted by Crippen LogP contribution is 2.16. The van der Waals surface area contributed by atoms with Gasteiger partial charge < -0.3 is 15.3 Å². The fourth-order valence-corrected chi connectivity index (χ4v) is 4.09. The molecule has 0 rings (SSSR count). The minimum Gasteiger partial charge on any atom is -0.481 e. The molecule has 0 atom stereocenters. The van der Waals surface area contributed by atoms with Crippen molar-refractivity contribution in [1.29, 1.82) is 0 Å². The molecular weight excluding hydrogens is 422 g/mol. The quantitative estimate of drug-likeness (QED) is 0.114. The number of rotatable bonds is 24. The third-order valence-corrected chi connectivity index (χ3v) is 6.21. The number of carboxylic acid groups (broad SMARTS) is 3. The highest BCUT2D eigenvalue weighted by atomic mass is 16.4. The van der Waals surface area contributed by atoms with Crippen molar-refractivity contribution in [2.75, 3.05) is 19.6 Å². The summed E-state index contributed by atoms with van der Waals surface area (Å²) in [5.41, 5.74) is 0. The Hall–Kier alpha value is -1.89. The van der Waals surface area contributed by atoms with E-state index in [0.717, 1.165) is 19.3 Å². The first-order valence-corrected chi connectivity index (χ1v) is 13.0. The molecule has 33 heavy (non-hydrogen) atoms. The predicted molar refractivity (Wildman–Crippen MR) is 131 cm³/mol. The van der Waals surface area contributed by atoms with E-state index in [0.29, 0.717) is 0 Å². The van der Waals surface area contributed by atoms with Crippen molar-refractivity contribution in [3.05, 3.63) is 12.3 Å². The lowest BCUT2D eigenvalue weighted by molar-refractivity contribution is -0.878. The zero-order valence-electron chi connectivity index (χ0n) is 20.8. The third kappa shape index (κ3) is 20.4. The summed E-state index contributed by atoms with van der Waals surface area (Å²) in [4.78, 5) is 33.2. The van der Waals surface area contributed by atoms with Gasteiger partial charge in [-0.3, -0.25) is 18.9 Å². The number of nitrogens with zero attached hydrogens (tertiary/aromatic N) is 1. The Morgan fingerprint density at radius 1 is 0.576 bits per heavy atom. The van der Waals surface area contributed by atoms with Gasteiger partial charge in [0.05, 0.1) is 45.1 Å². The molecule has 0 aliphatic rings. The zero-order valence-corrected chi connectivity index (χ0v) is 20.8. The molecule has 0 unspecified atom stereocenters. The van der Waals surface area contributed by atoms with Crippen molar-refractivity contribution in [2.24, 2.45) is 0 Å². The molecule has 0 fully saturated rings. The molecular formula is C26H48NO6+. The predicted octanol–water partition coefficient (Wildman–Crippen LogP) is 6.22. The van der Waals surface area contributed by atoms with Gasteiger partial charge >= 0.3 is 17.9 Å². The largest absolute Gasteiger partial charge is 0.481 e. The lowest BCUT2D eigenvalue weighted by atomic mass is 10.0. The Morgan fingerprint density at radius 2 is 0.909 bits per heavy atom. The topological polar surface area (TPSA) is 112 Å². The Kier molecular flexibility index (Phi) is 19.5. The second-order valence-electron chi connectivity index (χ2n) is 9.24. The summed E-state index contributed by atoms with van der Waals surface area (Å²) in [5, 5.41) is 27.2. The molecule has 0 heterocycles. The molecule has 0 bridgehead atoms. The summed E-state index contributed by atoms with van der Waals surface area (Å²) in [6.45, 7) is 2.84. The van der Waals surface area contributed by atoms with Crippen LogP contribution in [-0.4, -0.2) is 57.3 Å². The summed E-state index contributed by atoms with van der Waals surface area (Å²) in [6, 6.07) is 0. The van der Waals surface area contributed by atoms with Crippen LogP contribution in [0.25, 0.3) is 0 Å². The van der Waals surface area contributed by atoms with Gasteiger partial charge in [0.1, 0.15) is 0 Å². The van der Waals surface area contributed by atoms with Crippen molar-refractivity contribution in [1.82, 2.24) is 0 Å². The van der Waals surface area contributed by atoms with Gasteiger partial charge in [-0.25, -0.2) is 0 Å². The maximum absolute atomic E-state index is 11.1. The maximum Gasteiger partial charge on any atom is 0.309 e. The van der Waals surface area contributed by atoms with E-state index >= 15 is 0 Å². The van der Waals surface area contributed by atoms with E-state index in [4.69, 9.17) is 15.3 Å². The van der Waals surface area contributed by atoms with Crippen molar-refractivity contribution in [3.63, 3.8) is 0 Å². The van der Waals surface area contributed by atoms with Crippen molar-refractivity contribution in [3.8, 4) is 0 Å². The normalized spacial score (nSPS) is 11.8. The van der Waals surface area contributed by atoms with Gasteiger partial charge in [-0.15, -0.1) is 0 Å². The van der Waals surface area contributed by atoms with Crippen molar-refractivity contribution in [2.45, 2.75) is 116 Å². The molecule has 0 aromatic heterocycles. The SMILES string of the molecule is CCCCCCCCCCCCCCC/C=C/[N+](CCC(=O)O)(CCC(=O)O)CCC(=O)O. The van der Waals surface area contributed by atoms with Gasteiger partial charge in [0.2, 0.25) is 0 Å². The second kappa shape index (κ2) is 20.7. The minimum atomic E-state index is -0.965. The highest BCUT2D eigenvalue weighted by Gasteiger charge is 2.27. The number of hydrogen-bond acceptors (Lipinski definition) is 3. The van der Waals surface area contributed by atoms with Crippen LogP contribution < -0.4 is 0 Å². The Labute approximate surface area is 200 Å². The van der Waals surface area contributed by atoms with Gasteiger partial charge in [-0.05, 0) is 18.9 Å². The molecule has 0 spiro atoms. The summed E-state index contributed by atoms with van der Waals surface area (Å²) in [7, 11) is 0. The minimum absolute atomic E-state index is 0.0867. The lowest BCUT2D eigenvalue weighted by Gasteiger charge is -2.34. The average Bonchev–Trinajstić information content (AvgIpc) is 2.76. The van der Waals surface area contributed by atoms with Gasteiger partial charge in [-0.1, -0.05) is 84.0 Å². The molecule has 0 aromatic rings. The number of allylic oxidation sites excluding steroid dienone is 1. The van der Waals surface area contributed by atoms with Crippen LogP contribution in [0, 0.1) is 0 Å². The molecule has 0 saturated carbocycles. The van der Waals surface area contributed by atoms with Gasteiger partial charge in [-0.2, -0.15) is 0 Å². The fourth-order valence-electron chi connectivity index (χ4n) is 4.09. The first kappa shape index (κ1) is 31.1. The summed E-state index contributed by atoms with van der Waals surface area (Å²) >= 11 is 0. The van der Waals surface area contributed by atoms with Crippen LogP contribution in [0.1, 0.15) is 116 Å². The number of carbonyl (C=O) groups is 3. The van der Waals surface area contributed by atoms with Crippen LogP contribution >= 0.6 is 0 Å². The standard InChI is InChI=1S/C26H47NO6/c1-2-3-4-5-6-7-8-9-10-11-12-13-14-15-16-20-27(21-17-24(28)29,22-18-25(30)31)23-19-26(32)33/h16,20H,2-15,17-19,21-23H2,1H3,(H2-,28,29,30,31,32,33)/p+1/b20-16+. The van der Waals surface area contributed by atoms with E-state index in [1.165, 1.54) is 70.6 Å². The molecule has 0 aromatic carbocycles. The third-order valence-electron chi connectivity index (χ3n) is 6.21. The molecule has 192 valence electrons. The van der Waals surface area contributed by atoms with E-state index < -0.39 is 17.9 Å². The second-order valence-corrected chi connectivity index (χ2v) is 9.24. The number of aliphatic carboxylic acids is 3. The molecule has 0 amide bonds. The van der Waals surface area contributed by atoms with Crippen molar-refractivity contribution < 1.29 is 34.2 Å². The first-order chi connectivity index (χ1) is 15.8. The first-order valence-electron chi connectivity index (χ1n) is 13.0. The Balaban J connectivity index is 4.24. The lowest BCUT2D eigenvalue weighted by Crippen LogP contribution is -2.47. The molecule has 0 aliphatic heterocycles. The summed E-state index contributed by atoms with van der Waals surface area (Å²) in [6.07, 6.45) is 21.1. The van der Waals surface area contributed by atoms with Gasteiger partial charge in [0.25, 0.3) is 0 Å². The highest BCUT2D eigenvalue weighted by molar-refractivity contribution is 5.67. The van der Waals surface area contributed by atoms with Crippen molar-refractivity contribution >= 4 is 17.9 Å². The van der Waals surface area contributed by atoms with Gasteiger partial charge in [0.15, 0.2) is 0 Å². The van der Waals surface area contributed by atoms with E-state index in [-0.39, 0.29) is 43.4 Å². The molecule has 0 saturated heterocycles. The van der Waals surface area contributed by atoms with E-state index in [2.05, 4.69) is 6.92 Å². The smallest absolute Gasteiger partial charge is 0.309 e. The molecule has 7 nitrogen and oxygen atoms in total. The van der Waals surface area contributed by atoms with Crippen LogP contribution in [0.3, 0.4) is 0 Å². The fraction of sp³-hybridized carbons (Fsp3) is 0.808. The Morgan fingerprint density at radius 3 is 1.24 bits per heavy atom. The molecule has 0 aliphatic carbocycles.